The third-order valence-corrected chi connectivity index (χ3v) is 4.59. The van der Waals surface area contributed by atoms with Crippen LogP contribution in [-0.4, -0.2) is 53.5 Å². The van der Waals surface area contributed by atoms with Crippen LogP contribution in [-0.2, 0) is 11.3 Å². The van der Waals surface area contributed by atoms with Crippen molar-refractivity contribution in [2.24, 2.45) is 4.99 Å². The zero-order valence-electron chi connectivity index (χ0n) is 14.1. The summed E-state index contributed by atoms with van der Waals surface area (Å²) in [5, 5.41) is 6.19. The number of likely N-dealkylation sites (N-methyl/N-ethyl adjacent to an activating group) is 1. The molecule has 0 aliphatic carbocycles. The van der Waals surface area contributed by atoms with Crippen LogP contribution in [0.2, 0.25) is 5.02 Å². The van der Waals surface area contributed by atoms with Gasteiger partial charge in [-0.3, -0.25) is 10.1 Å². The molecule has 7 nitrogen and oxygen atoms in total. The number of nitrogens with one attached hydrogen (secondary N) is 2. The van der Waals surface area contributed by atoms with Gasteiger partial charge in [-0.1, -0.05) is 42.0 Å². The van der Waals surface area contributed by atoms with Crippen LogP contribution in [0.1, 0.15) is 12.5 Å². The Morgan fingerprint density at radius 2 is 2.08 bits per heavy atom. The van der Waals surface area contributed by atoms with Crippen LogP contribution in [0.15, 0.2) is 41.4 Å². The van der Waals surface area contributed by atoms with Gasteiger partial charge in [0.05, 0.1) is 6.54 Å². The van der Waals surface area contributed by atoms with E-state index < -0.39 is 18.2 Å². The summed E-state index contributed by atoms with van der Waals surface area (Å²) in [7, 11) is 1.64. The van der Waals surface area contributed by atoms with Crippen LogP contribution < -0.4 is 10.6 Å². The normalized spacial score (nSPS) is 24.2. The summed E-state index contributed by atoms with van der Waals surface area (Å²) in [6, 6.07) is 6.49. The predicted octanol–water partition coefficient (Wildman–Crippen LogP) is 1.55. The zero-order valence-corrected chi connectivity index (χ0v) is 14.9. The number of halogens is 1. The van der Waals surface area contributed by atoms with Crippen molar-refractivity contribution in [3.8, 4) is 0 Å². The minimum Gasteiger partial charge on any atom is -0.333 e. The smallest absolute Gasteiger partial charge is 0.325 e. The molecular formula is C17H20ClN5O2. The average molecular weight is 362 g/mol. The summed E-state index contributed by atoms with van der Waals surface area (Å²) in [5.41, 5.74) is 1.78. The zero-order chi connectivity index (χ0) is 18.1. The van der Waals surface area contributed by atoms with Crippen molar-refractivity contribution in [1.82, 2.24) is 20.4 Å². The lowest BCUT2D eigenvalue weighted by molar-refractivity contribution is -0.126. The molecule has 2 saturated heterocycles. The number of aliphatic imine (C=N–C) groups is 1. The molecule has 0 aromatic heterocycles. The molecule has 3 rings (SSSR count). The van der Waals surface area contributed by atoms with Crippen LogP contribution in [0.5, 0.6) is 0 Å². The van der Waals surface area contributed by atoms with Gasteiger partial charge in [0, 0.05) is 18.6 Å². The van der Waals surface area contributed by atoms with E-state index in [-0.39, 0.29) is 5.91 Å². The molecule has 0 bridgehead atoms. The van der Waals surface area contributed by atoms with Crippen LogP contribution in [0.4, 0.5) is 4.79 Å². The molecule has 0 saturated carbocycles. The number of guanidine groups is 1. The van der Waals surface area contributed by atoms with E-state index in [0.717, 1.165) is 11.1 Å². The summed E-state index contributed by atoms with van der Waals surface area (Å²) in [4.78, 5) is 32.1. The first-order chi connectivity index (χ1) is 11.9. The van der Waals surface area contributed by atoms with Crippen molar-refractivity contribution in [2.75, 3.05) is 13.6 Å². The third kappa shape index (κ3) is 3.32. The number of nitrogens with zero attached hydrogens (tertiary/aromatic N) is 3. The Morgan fingerprint density at radius 1 is 1.36 bits per heavy atom. The molecule has 132 valence electrons. The lowest BCUT2D eigenvalue weighted by Crippen LogP contribution is -2.64. The molecular weight excluding hydrogens is 342 g/mol. The van der Waals surface area contributed by atoms with Gasteiger partial charge in [0.25, 0.3) is 5.91 Å². The minimum atomic E-state index is -0.551. The number of hydrogen-bond donors (Lipinski definition) is 2. The lowest BCUT2D eigenvalue weighted by Gasteiger charge is -2.35. The van der Waals surface area contributed by atoms with Gasteiger partial charge in [-0.05, 0) is 18.6 Å². The Balaban J connectivity index is 1.90. The molecule has 8 heteroatoms. The lowest BCUT2D eigenvalue weighted by atomic mass is 10.1. The first kappa shape index (κ1) is 17.3. The fourth-order valence-electron chi connectivity index (χ4n) is 2.97. The molecule has 0 spiro atoms. The quantitative estimate of drug-likeness (QED) is 0.798. The number of urea groups is 1. The summed E-state index contributed by atoms with van der Waals surface area (Å²) in [6.07, 6.45) is -0.467. The molecule has 2 aliphatic rings. The van der Waals surface area contributed by atoms with Crippen molar-refractivity contribution in [3.05, 3.63) is 47.0 Å². The Hall–Kier alpha value is -2.54. The van der Waals surface area contributed by atoms with Gasteiger partial charge in [0.15, 0.2) is 12.0 Å². The standard InChI is InChI=1S/C17H20ClN5O2/c1-10(2)9-23-13-14(22(3)17(25)21-15(13)24)20-16(23)19-8-11-6-4-5-7-12(11)18/h4-7,13-14H,1,8-9H2,2-3H3,(H,19,20)(H,21,24,25). The predicted molar refractivity (Wildman–Crippen MR) is 96.1 cm³/mol. The molecule has 25 heavy (non-hydrogen) atoms. The highest BCUT2D eigenvalue weighted by Gasteiger charge is 2.49. The highest BCUT2D eigenvalue weighted by atomic mass is 35.5. The molecule has 2 heterocycles. The molecule has 1 aromatic rings. The summed E-state index contributed by atoms with van der Waals surface area (Å²) >= 11 is 6.18. The van der Waals surface area contributed by atoms with E-state index in [1.54, 1.807) is 7.05 Å². The number of amides is 3. The second-order valence-corrected chi connectivity index (χ2v) is 6.66. The van der Waals surface area contributed by atoms with E-state index in [1.807, 2.05) is 36.1 Å². The topological polar surface area (TPSA) is 77.0 Å². The maximum absolute atomic E-state index is 12.4. The fraction of sp³-hybridized carbons (Fsp3) is 0.353. The van der Waals surface area contributed by atoms with Crippen molar-refractivity contribution in [3.63, 3.8) is 0 Å². The first-order valence-corrected chi connectivity index (χ1v) is 8.29. The second kappa shape index (κ2) is 6.76. The number of carbonyl (C=O) groups excluding carboxylic acids is 2. The van der Waals surface area contributed by atoms with E-state index >= 15 is 0 Å². The van der Waals surface area contributed by atoms with Gasteiger partial charge in [-0.25, -0.2) is 9.79 Å². The molecule has 2 N–H and O–H groups in total. The van der Waals surface area contributed by atoms with Crippen LogP contribution in [0.3, 0.4) is 0 Å². The van der Waals surface area contributed by atoms with Crippen molar-refractivity contribution >= 4 is 29.5 Å². The Bertz CT molecular complexity index is 763. The highest BCUT2D eigenvalue weighted by molar-refractivity contribution is 6.31. The number of fused-ring (bicyclic) bond motifs is 1. The number of hydrogen-bond acceptors (Lipinski definition) is 3. The summed E-state index contributed by atoms with van der Waals surface area (Å²) in [6.45, 7) is 6.64. The Kier molecular flexibility index (Phi) is 4.67. The van der Waals surface area contributed by atoms with E-state index in [9.17, 15) is 9.59 Å². The molecule has 2 atom stereocenters. The molecule has 2 unspecified atom stereocenters. The van der Waals surface area contributed by atoms with Crippen LogP contribution >= 0.6 is 11.6 Å². The molecule has 1 aromatic carbocycles. The maximum atomic E-state index is 12.4. The van der Waals surface area contributed by atoms with Crippen molar-refractivity contribution < 1.29 is 9.59 Å². The van der Waals surface area contributed by atoms with E-state index in [2.05, 4.69) is 22.2 Å². The average Bonchev–Trinajstić information content (AvgIpc) is 2.90. The molecule has 0 radical (unpaired) electrons. The minimum absolute atomic E-state index is 0.343. The number of rotatable bonds is 4. The van der Waals surface area contributed by atoms with Gasteiger partial charge < -0.3 is 15.1 Å². The van der Waals surface area contributed by atoms with Crippen LogP contribution in [0.25, 0.3) is 0 Å². The van der Waals surface area contributed by atoms with Crippen LogP contribution in [0, 0.1) is 0 Å². The molecule has 3 amide bonds. The monoisotopic (exact) mass is 361 g/mol. The summed E-state index contributed by atoms with van der Waals surface area (Å²) < 4.78 is 0. The number of benzene rings is 1. The van der Waals surface area contributed by atoms with E-state index in [1.165, 1.54) is 4.90 Å². The molecule has 2 aliphatic heterocycles. The van der Waals surface area contributed by atoms with E-state index in [4.69, 9.17) is 11.6 Å². The molecule has 2 fully saturated rings. The first-order valence-electron chi connectivity index (χ1n) is 7.91. The fourth-order valence-corrected chi connectivity index (χ4v) is 3.17. The number of carbonyl (C=O) groups is 2. The van der Waals surface area contributed by atoms with Crippen molar-refractivity contribution in [2.45, 2.75) is 25.7 Å². The number of imide groups is 1. The maximum Gasteiger partial charge on any atom is 0.325 e. The van der Waals surface area contributed by atoms with Crippen molar-refractivity contribution in [1.29, 1.82) is 0 Å². The highest BCUT2D eigenvalue weighted by Crippen LogP contribution is 2.22. The largest absolute Gasteiger partial charge is 0.333 e. The Labute approximate surface area is 151 Å². The van der Waals surface area contributed by atoms with Gasteiger partial charge >= 0.3 is 6.03 Å². The van der Waals surface area contributed by atoms with E-state index in [0.29, 0.717) is 24.1 Å². The van der Waals surface area contributed by atoms with Gasteiger partial charge in [-0.15, -0.1) is 0 Å². The summed E-state index contributed by atoms with van der Waals surface area (Å²) in [5.74, 6) is 0.208. The van der Waals surface area contributed by atoms with Gasteiger partial charge in [0.2, 0.25) is 0 Å². The second-order valence-electron chi connectivity index (χ2n) is 6.26. The SMILES string of the molecule is C=C(C)CN1C(=NCc2ccccc2Cl)NC2C1C(=O)NC(=O)N2C. The Morgan fingerprint density at radius 3 is 2.76 bits per heavy atom. The third-order valence-electron chi connectivity index (χ3n) is 4.22. The van der Waals surface area contributed by atoms with Gasteiger partial charge in [-0.2, -0.15) is 0 Å². The van der Waals surface area contributed by atoms with Gasteiger partial charge in [0.1, 0.15) is 6.17 Å².